The van der Waals surface area contributed by atoms with Crippen LogP contribution >= 0.6 is 0 Å². The summed E-state index contributed by atoms with van der Waals surface area (Å²) >= 11 is 0. The Morgan fingerprint density at radius 2 is 2.06 bits per heavy atom. The van der Waals surface area contributed by atoms with Crippen LogP contribution in [0.1, 0.15) is 18.6 Å². The smallest absolute Gasteiger partial charge is 0.126 e. The summed E-state index contributed by atoms with van der Waals surface area (Å²) in [7, 11) is 5.26. The zero-order valence-electron chi connectivity index (χ0n) is 10.9. The molecule has 0 bridgehead atoms. The average Bonchev–Trinajstić information content (AvgIpc) is 2.34. The minimum Gasteiger partial charge on any atom is -0.496 e. The second-order valence-electron chi connectivity index (χ2n) is 3.98. The third-order valence-electron chi connectivity index (χ3n) is 2.72. The van der Waals surface area contributed by atoms with Crippen LogP contribution in [0.2, 0.25) is 0 Å². The molecule has 0 amide bonds. The number of anilines is 1. The molecular formula is C13H21NO3. The van der Waals surface area contributed by atoms with E-state index in [1.54, 1.807) is 21.1 Å². The molecule has 17 heavy (non-hydrogen) atoms. The minimum absolute atomic E-state index is 0.564. The van der Waals surface area contributed by atoms with Gasteiger partial charge in [-0.1, -0.05) is 6.07 Å². The molecule has 1 N–H and O–H groups in total. The second-order valence-corrected chi connectivity index (χ2v) is 3.98. The number of benzene rings is 1. The Morgan fingerprint density at radius 1 is 1.35 bits per heavy atom. The molecule has 0 heterocycles. The molecule has 0 saturated carbocycles. The standard InChI is InChI=1S/C13H21NO3/c1-10(15)13-11(14(2)8-9-16-3)6-5-7-12(13)17-4/h5-7,10,15H,8-9H2,1-4H3/t10-/m0/s1. The van der Waals surface area contributed by atoms with Gasteiger partial charge in [0.2, 0.25) is 0 Å². The van der Waals surface area contributed by atoms with Gasteiger partial charge in [0.15, 0.2) is 0 Å². The molecule has 96 valence electrons. The van der Waals surface area contributed by atoms with Crippen molar-refractivity contribution in [3.05, 3.63) is 23.8 Å². The first-order valence-electron chi connectivity index (χ1n) is 5.66. The third-order valence-corrected chi connectivity index (χ3v) is 2.72. The predicted octanol–water partition coefficient (Wildman–Crippen LogP) is 1.83. The number of rotatable bonds is 6. The van der Waals surface area contributed by atoms with E-state index in [0.29, 0.717) is 12.4 Å². The first-order chi connectivity index (χ1) is 8.11. The van der Waals surface area contributed by atoms with Gasteiger partial charge in [0.05, 0.1) is 19.8 Å². The number of aliphatic hydroxyl groups is 1. The van der Waals surface area contributed by atoms with Crippen LogP contribution < -0.4 is 9.64 Å². The van der Waals surface area contributed by atoms with E-state index in [-0.39, 0.29) is 0 Å². The van der Waals surface area contributed by atoms with E-state index >= 15 is 0 Å². The van der Waals surface area contributed by atoms with Gasteiger partial charge in [-0.05, 0) is 19.1 Å². The lowest BCUT2D eigenvalue weighted by atomic mass is 10.1. The first kappa shape index (κ1) is 13.8. The number of nitrogens with zero attached hydrogens (tertiary/aromatic N) is 1. The summed E-state index contributed by atoms with van der Waals surface area (Å²) in [6, 6.07) is 5.75. The monoisotopic (exact) mass is 239 g/mol. The molecule has 1 atom stereocenters. The van der Waals surface area contributed by atoms with Crippen LogP contribution in [0, 0.1) is 0 Å². The summed E-state index contributed by atoms with van der Waals surface area (Å²) in [5.74, 6) is 0.710. The minimum atomic E-state index is -0.564. The van der Waals surface area contributed by atoms with E-state index in [4.69, 9.17) is 9.47 Å². The Morgan fingerprint density at radius 3 is 2.59 bits per heavy atom. The molecule has 4 heteroatoms. The van der Waals surface area contributed by atoms with E-state index in [1.807, 2.05) is 30.1 Å². The van der Waals surface area contributed by atoms with Gasteiger partial charge in [0.1, 0.15) is 5.75 Å². The fourth-order valence-electron chi connectivity index (χ4n) is 1.81. The average molecular weight is 239 g/mol. The van der Waals surface area contributed by atoms with Crippen molar-refractivity contribution in [2.45, 2.75) is 13.0 Å². The van der Waals surface area contributed by atoms with Gasteiger partial charge in [-0.3, -0.25) is 0 Å². The molecule has 0 saturated heterocycles. The van der Waals surface area contributed by atoms with Crippen LogP contribution in [0.25, 0.3) is 0 Å². The summed E-state index contributed by atoms with van der Waals surface area (Å²) in [5, 5.41) is 9.85. The van der Waals surface area contributed by atoms with Crippen molar-refractivity contribution in [2.75, 3.05) is 39.3 Å². The molecule has 0 fully saturated rings. The molecule has 1 aromatic rings. The van der Waals surface area contributed by atoms with Gasteiger partial charge in [0.25, 0.3) is 0 Å². The van der Waals surface area contributed by atoms with Gasteiger partial charge in [-0.25, -0.2) is 0 Å². The van der Waals surface area contributed by atoms with Gasteiger partial charge in [-0.2, -0.15) is 0 Å². The molecule has 4 nitrogen and oxygen atoms in total. The SMILES string of the molecule is COCCN(C)c1cccc(OC)c1[C@H](C)O. The Balaban J connectivity index is 3.05. The summed E-state index contributed by atoms with van der Waals surface area (Å²) in [4.78, 5) is 2.05. The van der Waals surface area contributed by atoms with E-state index < -0.39 is 6.10 Å². The molecule has 1 aromatic carbocycles. The zero-order valence-corrected chi connectivity index (χ0v) is 10.9. The Labute approximate surface area is 103 Å². The van der Waals surface area contributed by atoms with Crippen LogP contribution in [0.15, 0.2) is 18.2 Å². The first-order valence-corrected chi connectivity index (χ1v) is 5.66. The molecule has 0 unspecified atom stereocenters. The molecule has 0 aliphatic heterocycles. The van der Waals surface area contributed by atoms with Crippen molar-refractivity contribution < 1.29 is 14.6 Å². The molecule has 0 aliphatic rings. The summed E-state index contributed by atoms with van der Waals surface area (Å²) in [6.07, 6.45) is -0.564. The lowest BCUT2D eigenvalue weighted by molar-refractivity contribution is 0.193. The van der Waals surface area contributed by atoms with Crippen LogP contribution in [0.3, 0.4) is 0 Å². The molecule has 0 aromatic heterocycles. The maximum atomic E-state index is 9.85. The van der Waals surface area contributed by atoms with Crippen molar-refractivity contribution >= 4 is 5.69 Å². The highest BCUT2D eigenvalue weighted by Crippen LogP contribution is 2.33. The highest BCUT2D eigenvalue weighted by atomic mass is 16.5. The largest absolute Gasteiger partial charge is 0.496 e. The van der Waals surface area contributed by atoms with E-state index in [1.165, 1.54) is 0 Å². The zero-order chi connectivity index (χ0) is 12.8. The van der Waals surface area contributed by atoms with Gasteiger partial charge >= 0.3 is 0 Å². The Kier molecular flexibility index (Phi) is 5.25. The van der Waals surface area contributed by atoms with E-state index in [0.717, 1.165) is 17.8 Å². The highest BCUT2D eigenvalue weighted by molar-refractivity contribution is 5.60. The van der Waals surface area contributed by atoms with Crippen molar-refractivity contribution in [1.29, 1.82) is 0 Å². The summed E-state index contributed by atoms with van der Waals surface area (Å²) < 4.78 is 10.3. The Bertz CT molecular complexity index is 353. The number of hydrogen-bond acceptors (Lipinski definition) is 4. The van der Waals surface area contributed by atoms with Crippen molar-refractivity contribution in [3.63, 3.8) is 0 Å². The van der Waals surface area contributed by atoms with Gasteiger partial charge in [0, 0.05) is 32.0 Å². The maximum Gasteiger partial charge on any atom is 0.126 e. The lowest BCUT2D eigenvalue weighted by Crippen LogP contribution is -2.23. The normalized spacial score (nSPS) is 12.3. The maximum absolute atomic E-state index is 9.85. The third kappa shape index (κ3) is 3.35. The van der Waals surface area contributed by atoms with Gasteiger partial charge < -0.3 is 19.5 Å². The number of methoxy groups -OCH3 is 2. The van der Waals surface area contributed by atoms with Crippen molar-refractivity contribution in [2.24, 2.45) is 0 Å². The predicted molar refractivity (Wildman–Crippen MR) is 68.8 cm³/mol. The van der Waals surface area contributed by atoms with Crippen molar-refractivity contribution in [3.8, 4) is 5.75 Å². The van der Waals surface area contributed by atoms with Crippen LogP contribution in [0.5, 0.6) is 5.75 Å². The Hall–Kier alpha value is -1.26. The van der Waals surface area contributed by atoms with E-state index in [9.17, 15) is 5.11 Å². The van der Waals surface area contributed by atoms with Crippen LogP contribution in [0.4, 0.5) is 5.69 Å². The molecule has 0 aliphatic carbocycles. The number of likely N-dealkylation sites (N-methyl/N-ethyl adjacent to an activating group) is 1. The van der Waals surface area contributed by atoms with E-state index in [2.05, 4.69) is 0 Å². The van der Waals surface area contributed by atoms with Gasteiger partial charge in [-0.15, -0.1) is 0 Å². The molecule has 0 spiro atoms. The highest BCUT2D eigenvalue weighted by Gasteiger charge is 2.16. The molecule has 1 rings (SSSR count). The fraction of sp³-hybridized carbons (Fsp3) is 0.538. The quantitative estimate of drug-likeness (QED) is 0.822. The topological polar surface area (TPSA) is 41.9 Å². The summed E-state index contributed by atoms with van der Waals surface area (Å²) in [6.45, 7) is 3.15. The second kappa shape index (κ2) is 6.47. The fourth-order valence-corrected chi connectivity index (χ4v) is 1.81. The summed E-state index contributed by atoms with van der Waals surface area (Å²) in [5.41, 5.74) is 1.78. The number of hydrogen-bond donors (Lipinski definition) is 1. The molecular weight excluding hydrogens is 218 g/mol. The van der Waals surface area contributed by atoms with Crippen LogP contribution in [-0.2, 0) is 4.74 Å². The molecule has 0 radical (unpaired) electrons. The lowest BCUT2D eigenvalue weighted by Gasteiger charge is -2.24. The number of ether oxygens (including phenoxy) is 2. The van der Waals surface area contributed by atoms with Crippen molar-refractivity contribution in [1.82, 2.24) is 0 Å². The number of aliphatic hydroxyl groups excluding tert-OH is 1. The van der Waals surface area contributed by atoms with Crippen LogP contribution in [-0.4, -0.2) is 39.5 Å².